The van der Waals surface area contributed by atoms with Crippen LogP contribution in [0.1, 0.15) is 59.8 Å². The predicted molar refractivity (Wildman–Crippen MR) is 115 cm³/mol. The highest BCUT2D eigenvalue weighted by molar-refractivity contribution is 5.91. The molecule has 0 fully saturated rings. The van der Waals surface area contributed by atoms with Crippen molar-refractivity contribution in [2.75, 3.05) is 52.5 Å². The van der Waals surface area contributed by atoms with Crippen molar-refractivity contribution < 1.29 is 19.1 Å². The zero-order chi connectivity index (χ0) is 18.9. The molecule has 0 unspecified atom stereocenters. The van der Waals surface area contributed by atoms with E-state index in [0.29, 0.717) is 13.2 Å². The Morgan fingerprint density at radius 3 is 1.26 bits per heavy atom. The molecule has 0 radical (unpaired) electrons. The second kappa shape index (κ2) is 21.7. The lowest BCUT2D eigenvalue weighted by atomic mass is 10.3. The summed E-state index contributed by atoms with van der Waals surface area (Å²) in [6, 6.07) is 0. The number of ether oxygens (including phenoxy) is 2. The van der Waals surface area contributed by atoms with E-state index >= 15 is 0 Å². The Bertz CT molecular complexity index is 321. The highest BCUT2D eigenvalue weighted by atomic mass is 35.5. The van der Waals surface area contributed by atoms with Crippen molar-refractivity contribution >= 4 is 36.8 Å². The molecule has 0 rings (SSSR count). The highest BCUT2D eigenvalue weighted by Gasteiger charge is 2.12. The number of esters is 2. The summed E-state index contributed by atoms with van der Waals surface area (Å²) in [7, 11) is 0. The van der Waals surface area contributed by atoms with Crippen molar-refractivity contribution in [2.24, 2.45) is 0 Å². The molecule has 0 aromatic heterocycles. The standard InChI is InChI=1S/C19H38N2O4.2ClH/c1-5-20(6-2)13-9-11-15-24-18(22)17-19(23)25-16-12-10-14-21(7-3)8-4;;/h5-17H2,1-4H3;2*1H. The Labute approximate surface area is 178 Å². The minimum absolute atomic E-state index is 0. The fraction of sp³-hybridized carbons (Fsp3) is 0.895. The van der Waals surface area contributed by atoms with Crippen molar-refractivity contribution in [2.45, 2.75) is 59.8 Å². The zero-order valence-electron chi connectivity index (χ0n) is 17.5. The summed E-state index contributed by atoms with van der Waals surface area (Å²) in [4.78, 5) is 27.8. The summed E-state index contributed by atoms with van der Waals surface area (Å²) in [5.74, 6) is -0.980. The number of hydrogen-bond acceptors (Lipinski definition) is 6. The molecule has 0 bridgehead atoms. The van der Waals surface area contributed by atoms with Gasteiger partial charge in [0.15, 0.2) is 0 Å². The van der Waals surface area contributed by atoms with Crippen LogP contribution in [0.25, 0.3) is 0 Å². The smallest absolute Gasteiger partial charge is 0.317 e. The summed E-state index contributed by atoms with van der Waals surface area (Å²) < 4.78 is 10.2. The van der Waals surface area contributed by atoms with Gasteiger partial charge in [0.2, 0.25) is 0 Å². The molecule has 0 N–H and O–H groups in total. The van der Waals surface area contributed by atoms with Gasteiger partial charge in [-0.15, -0.1) is 24.8 Å². The number of unbranched alkanes of at least 4 members (excludes halogenated alkanes) is 2. The molecule has 0 saturated carbocycles. The lowest BCUT2D eigenvalue weighted by Crippen LogP contribution is -2.24. The van der Waals surface area contributed by atoms with Gasteiger partial charge in [0.05, 0.1) is 13.2 Å². The Morgan fingerprint density at radius 2 is 0.963 bits per heavy atom. The summed E-state index contributed by atoms with van der Waals surface area (Å²) in [5, 5.41) is 0. The van der Waals surface area contributed by atoms with Gasteiger partial charge in [-0.25, -0.2) is 0 Å². The molecule has 0 amide bonds. The largest absolute Gasteiger partial charge is 0.465 e. The quantitative estimate of drug-likeness (QED) is 0.212. The van der Waals surface area contributed by atoms with E-state index in [1.807, 2.05) is 0 Å². The Balaban J connectivity index is -0.00000288. The molecular formula is C19H40Cl2N2O4. The molecule has 27 heavy (non-hydrogen) atoms. The third kappa shape index (κ3) is 18.6. The fourth-order valence-electron chi connectivity index (χ4n) is 2.55. The zero-order valence-corrected chi connectivity index (χ0v) is 19.2. The average molecular weight is 431 g/mol. The lowest BCUT2D eigenvalue weighted by molar-refractivity contribution is -0.154. The number of hydrogen-bond donors (Lipinski definition) is 0. The molecule has 0 atom stereocenters. The van der Waals surface area contributed by atoms with Crippen LogP contribution in [0.4, 0.5) is 0 Å². The monoisotopic (exact) mass is 430 g/mol. The van der Waals surface area contributed by atoms with Crippen LogP contribution in [0.5, 0.6) is 0 Å². The van der Waals surface area contributed by atoms with E-state index in [1.54, 1.807) is 0 Å². The molecule has 6 nitrogen and oxygen atoms in total. The van der Waals surface area contributed by atoms with Gasteiger partial charge in [0, 0.05) is 0 Å². The van der Waals surface area contributed by atoms with Crippen LogP contribution in [0.15, 0.2) is 0 Å². The Morgan fingerprint density at radius 1 is 0.630 bits per heavy atom. The number of carbonyl (C=O) groups is 2. The van der Waals surface area contributed by atoms with E-state index in [1.165, 1.54) is 0 Å². The maximum Gasteiger partial charge on any atom is 0.317 e. The Kier molecular flexibility index (Phi) is 25.1. The van der Waals surface area contributed by atoms with E-state index in [-0.39, 0.29) is 31.2 Å². The van der Waals surface area contributed by atoms with Gasteiger partial charge in [-0.2, -0.15) is 0 Å². The fourth-order valence-corrected chi connectivity index (χ4v) is 2.55. The summed E-state index contributed by atoms with van der Waals surface area (Å²) in [5.41, 5.74) is 0. The van der Waals surface area contributed by atoms with Crippen LogP contribution in [0.2, 0.25) is 0 Å². The van der Waals surface area contributed by atoms with Crippen molar-refractivity contribution in [3.05, 3.63) is 0 Å². The van der Waals surface area contributed by atoms with Gasteiger partial charge in [0.25, 0.3) is 0 Å². The first-order valence-electron chi connectivity index (χ1n) is 9.83. The van der Waals surface area contributed by atoms with Crippen LogP contribution >= 0.6 is 24.8 Å². The third-order valence-electron chi connectivity index (χ3n) is 4.34. The van der Waals surface area contributed by atoms with Gasteiger partial charge in [-0.05, 0) is 65.0 Å². The molecule has 0 aliphatic rings. The summed E-state index contributed by atoms with van der Waals surface area (Å²) in [6.07, 6.45) is 3.34. The molecular weight excluding hydrogens is 391 g/mol. The summed E-state index contributed by atoms with van der Waals surface area (Å²) in [6.45, 7) is 15.5. The maximum absolute atomic E-state index is 11.6. The molecule has 0 saturated heterocycles. The van der Waals surface area contributed by atoms with Crippen LogP contribution in [0, 0.1) is 0 Å². The van der Waals surface area contributed by atoms with Crippen LogP contribution in [0.3, 0.4) is 0 Å². The van der Waals surface area contributed by atoms with E-state index in [9.17, 15) is 9.59 Å². The molecule has 0 aliphatic heterocycles. The molecule has 0 aromatic rings. The number of rotatable bonds is 16. The number of halogens is 2. The molecule has 0 spiro atoms. The summed E-state index contributed by atoms with van der Waals surface area (Å²) >= 11 is 0. The first kappa shape index (κ1) is 31.1. The second-order valence-corrected chi connectivity index (χ2v) is 6.09. The van der Waals surface area contributed by atoms with Gasteiger partial charge < -0.3 is 19.3 Å². The highest BCUT2D eigenvalue weighted by Crippen LogP contribution is 2.00. The van der Waals surface area contributed by atoms with Crippen molar-refractivity contribution in [3.8, 4) is 0 Å². The van der Waals surface area contributed by atoms with Crippen molar-refractivity contribution in [1.29, 1.82) is 0 Å². The predicted octanol–water partition coefficient (Wildman–Crippen LogP) is 3.55. The van der Waals surface area contributed by atoms with Gasteiger partial charge in [-0.3, -0.25) is 9.59 Å². The minimum atomic E-state index is -0.490. The minimum Gasteiger partial charge on any atom is -0.465 e. The van der Waals surface area contributed by atoms with E-state index in [2.05, 4.69) is 37.5 Å². The first-order chi connectivity index (χ1) is 12.1. The van der Waals surface area contributed by atoms with Gasteiger partial charge >= 0.3 is 11.9 Å². The molecule has 0 aliphatic carbocycles. The van der Waals surface area contributed by atoms with Crippen LogP contribution < -0.4 is 0 Å². The lowest BCUT2D eigenvalue weighted by Gasteiger charge is -2.17. The normalized spacial score (nSPS) is 10.3. The van der Waals surface area contributed by atoms with Crippen molar-refractivity contribution in [1.82, 2.24) is 9.80 Å². The van der Waals surface area contributed by atoms with Crippen molar-refractivity contribution in [3.63, 3.8) is 0 Å². The molecule has 0 heterocycles. The van der Waals surface area contributed by atoms with Gasteiger partial charge in [0.1, 0.15) is 6.42 Å². The number of nitrogens with zero attached hydrogens (tertiary/aromatic N) is 2. The van der Waals surface area contributed by atoms with Crippen LogP contribution in [-0.2, 0) is 19.1 Å². The van der Waals surface area contributed by atoms with E-state index in [0.717, 1.165) is 65.0 Å². The van der Waals surface area contributed by atoms with Crippen LogP contribution in [-0.4, -0.2) is 74.2 Å². The molecule has 164 valence electrons. The third-order valence-corrected chi connectivity index (χ3v) is 4.34. The van der Waals surface area contributed by atoms with Gasteiger partial charge in [-0.1, -0.05) is 27.7 Å². The Hall–Kier alpha value is -0.560. The van der Waals surface area contributed by atoms with E-state index in [4.69, 9.17) is 9.47 Å². The molecule has 8 heteroatoms. The SMILES string of the molecule is CCN(CC)CCCCOC(=O)CC(=O)OCCCCN(CC)CC.Cl.Cl. The number of carbonyl (C=O) groups excluding carboxylic acids is 2. The maximum atomic E-state index is 11.6. The average Bonchev–Trinajstić information content (AvgIpc) is 2.61. The topological polar surface area (TPSA) is 59.1 Å². The first-order valence-corrected chi connectivity index (χ1v) is 9.83. The van der Waals surface area contributed by atoms with E-state index < -0.39 is 11.9 Å². The second-order valence-electron chi connectivity index (χ2n) is 6.09. The molecule has 0 aromatic carbocycles.